The van der Waals surface area contributed by atoms with E-state index < -0.39 is 6.10 Å². The second-order valence-corrected chi connectivity index (χ2v) is 4.92. The Hall–Kier alpha value is -1.53. The van der Waals surface area contributed by atoms with Crippen LogP contribution in [0.15, 0.2) is 12.7 Å². The molecule has 1 fully saturated rings. The van der Waals surface area contributed by atoms with Crippen molar-refractivity contribution in [3.05, 3.63) is 18.3 Å². The van der Waals surface area contributed by atoms with Gasteiger partial charge < -0.3 is 14.8 Å². The zero-order valence-corrected chi connectivity index (χ0v) is 10.2. The minimum absolute atomic E-state index is 0.0261. The zero-order valence-electron chi connectivity index (χ0n) is 10.2. The summed E-state index contributed by atoms with van der Waals surface area (Å²) >= 11 is 0. The Morgan fingerprint density at radius 3 is 2.89 bits per heavy atom. The molecular weight excluding hydrogens is 232 g/mol. The Morgan fingerprint density at radius 2 is 2.17 bits per heavy atom. The van der Waals surface area contributed by atoms with Crippen LogP contribution in [0.25, 0.3) is 11.2 Å². The lowest BCUT2D eigenvalue weighted by Gasteiger charge is -2.11. The molecule has 2 heterocycles. The fourth-order valence-electron chi connectivity index (χ4n) is 2.73. The first kappa shape index (κ1) is 11.6. The third kappa shape index (κ3) is 1.69. The van der Waals surface area contributed by atoms with Crippen molar-refractivity contribution in [3.8, 4) is 0 Å². The largest absolute Gasteiger partial charge is 0.396 e. The molecule has 1 aliphatic carbocycles. The van der Waals surface area contributed by atoms with Crippen molar-refractivity contribution < 1.29 is 10.2 Å². The van der Waals surface area contributed by atoms with Crippen LogP contribution in [0.5, 0.6) is 0 Å². The van der Waals surface area contributed by atoms with E-state index in [1.165, 1.54) is 6.33 Å². The fourth-order valence-corrected chi connectivity index (χ4v) is 2.73. The molecule has 0 aliphatic heterocycles. The summed E-state index contributed by atoms with van der Waals surface area (Å²) in [4.78, 5) is 12.7. The van der Waals surface area contributed by atoms with Gasteiger partial charge >= 0.3 is 0 Å². The van der Waals surface area contributed by atoms with E-state index in [1.54, 1.807) is 6.33 Å². The van der Waals surface area contributed by atoms with E-state index in [0.717, 1.165) is 23.3 Å². The van der Waals surface area contributed by atoms with Crippen molar-refractivity contribution in [1.29, 1.82) is 0 Å². The van der Waals surface area contributed by atoms with E-state index >= 15 is 0 Å². The summed E-state index contributed by atoms with van der Waals surface area (Å²) in [6.45, 7) is 1.93. The zero-order chi connectivity index (χ0) is 12.7. The molecular formula is C12H16N4O2. The third-order valence-corrected chi connectivity index (χ3v) is 3.80. The van der Waals surface area contributed by atoms with E-state index in [4.69, 9.17) is 0 Å². The van der Waals surface area contributed by atoms with E-state index in [0.29, 0.717) is 6.42 Å². The highest BCUT2D eigenvalue weighted by Gasteiger charge is 2.34. The van der Waals surface area contributed by atoms with Crippen molar-refractivity contribution in [1.82, 2.24) is 19.5 Å². The van der Waals surface area contributed by atoms with E-state index in [1.807, 2.05) is 11.5 Å². The summed E-state index contributed by atoms with van der Waals surface area (Å²) < 4.78 is 1.99. The highest BCUT2D eigenvalue weighted by atomic mass is 16.3. The highest BCUT2D eigenvalue weighted by molar-refractivity contribution is 5.72. The van der Waals surface area contributed by atoms with Crippen molar-refractivity contribution >= 4 is 11.2 Å². The maximum absolute atomic E-state index is 9.86. The molecule has 0 spiro atoms. The smallest absolute Gasteiger partial charge is 0.163 e. The summed E-state index contributed by atoms with van der Waals surface area (Å²) in [5.74, 6) is -0.0459. The predicted molar refractivity (Wildman–Crippen MR) is 64.9 cm³/mol. The molecule has 6 heteroatoms. The van der Waals surface area contributed by atoms with Crippen LogP contribution in [-0.2, 0) is 0 Å². The van der Waals surface area contributed by atoms with Crippen LogP contribution in [0.3, 0.4) is 0 Å². The lowest BCUT2D eigenvalue weighted by atomic mass is 10.1. The van der Waals surface area contributed by atoms with Gasteiger partial charge in [-0.1, -0.05) is 0 Å². The van der Waals surface area contributed by atoms with Crippen LogP contribution in [0.2, 0.25) is 0 Å². The molecule has 0 aromatic carbocycles. The maximum Gasteiger partial charge on any atom is 0.163 e. The van der Waals surface area contributed by atoms with Crippen molar-refractivity contribution in [3.63, 3.8) is 0 Å². The molecule has 2 N–H and O–H groups in total. The maximum atomic E-state index is 9.86. The molecule has 0 radical (unpaired) electrons. The predicted octanol–water partition coefficient (Wildman–Crippen LogP) is 0.439. The van der Waals surface area contributed by atoms with Gasteiger partial charge in [0.25, 0.3) is 0 Å². The normalized spacial score (nSPS) is 28.1. The monoisotopic (exact) mass is 248 g/mol. The number of rotatable bonds is 2. The molecule has 3 atom stereocenters. The highest BCUT2D eigenvalue weighted by Crippen LogP contribution is 2.36. The molecule has 18 heavy (non-hydrogen) atoms. The van der Waals surface area contributed by atoms with Gasteiger partial charge in [-0.05, 0) is 19.8 Å². The van der Waals surface area contributed by atoms with Crippen molar-refractivity contribution in [2.24, 2.45) is 5.92 Å². The van der Waals surface area contributed by atoms with Gasteiger partial charge in [0.15, 0.2) is 5.65 Å². The van der Waals surface area contributed by atoms with Gasteiger partial charge in [-0.3, -0.25) is 0 Å². The first-order chi connectivity index (χ1) is 8.70. The molecule has 0 bridgehead atoms. The van der Waals surface area contributed by atoms with E-state index in [9.17, 15) is 10.2 Å². The number of hydrogen-bond acceptors (Lipinski definition) is 5. The Labute approximate surface area is 104 Å². The van der Waals surface area contributed by atoms with Gasteiger partial charge in [0.05, 0.1) is 18.1 Å². The van der Waals surface area contributed by atoms with Crippen molar-refractivity contribution in [2.45, 2.75) is 31.9 Å². The topological polar surface area (TPSA) is 84.1 Å². The van der Waals surface area contributed by atoms with Crippen molar-refractivity contribution in [2.75, 3.05) is 6.61 Å². The number of aliphatic hydroxyl groups is 2. The van der Waals surface area contributed by atoms with Gasteiger partial charge in [-0.2, -0.15) is 0 Å². The first-order valence-corrected chi connectivity index (χ1v) is 6.13. The van der Waals surface area contributed by atoms with Crippen LogP contribution in [-0.4, -0.2) is 42.4 Å². The van der Waals surface area contributed by atoms with Crippen LogP contribution >= 0.6 is 0 Å². The fraction of sp³-hybridized carbons (Fsp3) is 0.583. The summed E-state index contributed by atoms with van der Waals surface area (Å²) in [5, 5.41) is 19.1. The number of aromatic nitrogens is 4. The van der Waals surface area contributed by atoms with Crippen LogP contribution in [0, 0.1) is 12.8 Å². The molecule has 1 aliphatic rings. The summed E-state index contributed by atoms with van der Waals surface area (Å²) in [6.07, 6.45) is 4.24. The minimum atomic E-state index is -0.444. The van der Waals surface area contributed by atoms with Crippen LogP contribution in [0.4, 0.5) is 0 Å². The minimum Gasteiger partial charge on any atom is -0.396 e. The van der Waals surface area contributed by atoms with Gasteiger partial charge in [0.1, 0.15) is 11.8 Å². The molecule has 2 aromatic rings. The van der Waals surface area contributed by atoms with Gasteiger partial charge in [-0.15, -0.1) is 0 Å². The number of aliphatic hydroxyl groups excluding tert-OH is 2. The average molecular weight is 248 g/mol. The third-order valence-electron chi connectivity index (χ3n) is 3.80. The lowest BCUT2D eigenvalue weighted by Crippen LogP contribution is -2.16. The number of hydrogen-bond donors (Lipinski definition) is 2. The molecule has 96 valence electrons. The second-order valence-electron chi connectivity index (χ2n) is 4.92. The Kier molecular flexibility index (Phi) is 2.76. The summed E-state index contributed by atoms with van der Waals surface area (Å²) in [7, 11) is 0. The number of nitrogens with zero attached hydrogens (tertiary/aromatic N) is 4. The standard InChI is InChI=1S/C12H16N4O2/c1-7-11-12(14-5-13-7)16(6-15-11)9-2-8(4-17)10(18)3-9/h5-6,8-10,17-18H,2-4H2,1H3/t8-,9-,10+/m1/s1. The summed E-state index contributed by atoms with van der Waals surface area (Å²) in [5.41, 5.74) is 2.47. The second kappa shape index (κ2) is 4.29. The molecule has 2 aromatic heterocycles. The van der Waals surface area contributed by atoms with Gasteiger partial charge in [0.2, 0.25) is 0 Å². The average Bonchev–Trinajstić information content (AvgIpc) is 2.93. The Balaban J connectivity index is 1.99. The molecule has 0 saturated heterocycles. The molecule has 0 unspecified atom stereocenters. The molecule has 0 amide bonds. The molecule has 1 saturated carbocycles. The number of aryl methyl sites for hydroxylation is 1. The Bertz CT molecular complexity index is 568. The number of fused-ring (bicyclic) bond motifs is 1. The van der Waals surface area contributed by atoms with Crippen LogP contribution < -0.4 is 0 Å². The van der Waals surface area contributed by atoms with Gasteiger partial charge in [0, 0.05) is 18.6 Å². The number of imidazole rings is 1. The Morgan fingerprint density at radius 1 is 1.33 bits per heavy atom. The summed E-state index contributed by atoms with van der Waals surface area (Å²) in [6, 6.07) is 0.149. The SMILES string of the molecule is Cc1ncnc2c1ncn2[C@@H]1C[C@H](CO)[C@@H](O)C1. The quantitative estimate of drug-likeness (QED) is 0.805. The first-order valence-electron chi connectivity index (χ1n) is 6.13. The van der Waals surface area contributed by atoms with Gasteiger partial charge in [-0.25, -0.2) is 15.0 Å². The molecule has 3 rings (SSSR count). The van der Waals surface area contributed by atoms with E-state index in [-0.39, 0.29) is 18.6 Å². The molecule has 6 nitrogen and oxygen atoms in total. The lowest BCUT2D eigenvalue weighted by molar-refractivity contribution is 0.0906. The van der Waals surface area contributed by atoms with Crippen LogP contribution in [0.1, 0.15) is 24.6 Å². The van der Waals surface area contributed by atoms with E-state index in [2.05, 4.69) is 15.0 Å².